The number of carboxylic acid groups (broad SMARTS) is 1. The smallest absolute Gasteiger partial charge is 0.313 e. The van der Waals surface area contributed by atoms with E-state index in [2.05, 4.69) is 9.44 Å². The summed E-state index contributed by atoms with van der Waals surface area (Å²) in [6.45, 7) is 4.49. The standard InChI is InChI=1S/C28H28N2O8S3/c1-3-37-19-9-13-21(14-10-19)40(33,34)29-25-17-26(39-18-27(31)32)28(24-8-6-5-7-23(24)25)30-41(35,36)22-15-11-20(12-16-22)38-4-2/h5-17,29-30H,3-4,18H2,1-2H3,(H,31,32). The van der Waals surface area contributed by atoms with Crippen molar-refractivity contribution in [3.8, 4) is 11.5 Å². The van der Waals surface area contributed by atoms with Gasteiger partial charge in [-0.05, 0) is 68.4 Å². The molecule has 0 aliphatic carbocycles. The van der Waals surface area contributed by atoms with Crippen LogP contribution < -0.4 is 18.9 Å². The molecule has 4 aromatic rings. The summed E-state index contributed by atoms with van der Waals surface area (Å²) >= 11 is 0.860. The molecule has 3 N–H and O–H groups in total. The molecule has 0 atom stereocenters. The van der Waals surface area contributed by atoms with Crippen LogP contribution in [0, 0.1) is 0 Å². The zero-order valence-electron chi connectivity index (χ0n) is 22.2. The molecule has 0 unspecified atom stereocenters. The molecular weight excluding hydrogens is 589 g/mol. The van der Waals surface area contributed by atoms with E-state index in [0.29, 0.717) is 35.5 Å². The molecule has 0 aliphatic rings. The molecular formula is C28H28N2O8S3. The van der Waals surface area contributed by atoms with E-state index in [-0.39, 0.29) is 31.8 Å². The van der Waals surface area contributed by atoms with E-state index in [4.69, 9.17) is 9.47 Å². The van der Waals surface area contributed by atoms with Gasteiger partial charge in [0, 0.05) is 15.7 Å². The van der Waals surface area contributed by atoms with Gasteiger partial charge in [-0.1, -0.05) is 24.3 Å². The molecule has 0 radical (unpaired) electrons. The first kappa shape index (κ1) is 30.0. The first-order valence-corrected chi connectivity index (χ1v) is 16.4. The number of aliphatic carboxylic acids is 1. The predicted octanol–water partition coefficient (Wildman–Crippen LogP) is 5.42. The van der Waals surface area contributed by atoms with Crippen molar-refractivity contribution in [1.29, 1.82) is 0 Å². The molecule has 0 fully saturated rings. The highest BCUT2D eigenvalue weighted by atomic mass is 32.2. The second kappa shape index (κ2) is 12.7. The van der Waals surface area contributed by atoms with Gasteiger partial charge in [0.25, 0.3) is 20.0 Å². The molecule has 0 aromatic heterocycles. The average molecular weight is 617 g/mol. The van der Waals surface area contributed by atoms with Gasteiger partial charge in [-0.25, -0.2) is 16.8 Å². The van der Waals surface area contributed by atoms with Gasteiger partial charge in [-0.15, -0.1) is 11.8 Å². The molecule has 0 aliphatic heterocycles. The number of nitrogens with one attached hydrogen (secondary N) is 2. The van der Waals surface area contributed by atoms with Crippen molar-refractivity contribution in [3.63, 3.8) is 0 Å². The van der Waals surface area contributed by atoms with Gasteiger partial charge in [0.15, 0.2) is 0 Å². The van der Waals surface area contributed by atoms with E-state index in [0.717, 1.165) is 11.8 Å². The molecule has 0 spiro atoms. The number of carbonyl (C=O) groups is 1. The fourth-order valence-electron chi connectivity index (χ4n) is 3.95. The first-order valence-electron chi connectivity index (χ1n) is 12.5. The Morgan fingerprint density at radius 3 is 1.73 bits per heavy atom. The molecule has 0 amide bonds. The van der Waals surface area contributed by atoms with Gasteiger partial charge in [0.05, 0.1) is 40.1 Å². The lowest BCUT2D eigenvalue weighted by Crippen LogP contribution is -2.16. The molecule has 13 heteroatoms. The van der Waals surface area contributed by atoms with Crippen LogP contribution in [0.1, 0.15) is 13.8 Å². The van der Waals surface area contributed by atoms with Crippen molar-refractivity contribution >= 4 is 59.9 Å². The summed E-state index contributed by atoms with van der Waals surface area (Å²) in [5.74, 6) is -0.478. The number of hydrogen-bond donors (Lipinski definition) is 3. The van der Waals surface area contributed by atoms with Crippen LogP contribution in [0.5, 0.6) is 11.5 Å². The highest BCUT2D eigenvalue weighted by Gasteiger charge is 2.23. The van der Waals surface area contributed by atoms with Crippen LogP contribution in [0.2, 0.25) is 0 Å². The Hall–Kier alpha value is -3.94. The third-order valence-electron chi connectivity index (χ3n) is 5.73. The van der Waals surface area contributed by atoms with E-state index in [1.54, 1.807) is 36.4 Å². The summed E-state index contributed by atoms with van der Waals surface area (Å²) < 4.78 is 69.3. The van der Waals surface area contributed by atoms with E-state index < -0.39 is 26.0 Å². The maximum atomic E-state index is 13.4. The van der Waals surface area contributed by atoms with E-state index in [1.807, 2.05) is 13.8 Å². The molecule has 10 nitrogen and oxygen atoms in total. The maximum Gasteiger partial charge on any atom is 0.313 e. The van der Waals surface area contributed by atoms with Gasteiger partial charge in [0.1, 0.15) is 11.5 Å². The number of anilines is 2. The molecule has 41 heavy (non-hydrogen) atoms. The Morgan fingerprint density at radius 1 is 0.756 bits per heavy atom. The Balaban J connectivity index is 1.78. The zero-order chi connectivity index (χ0) is 29.6. The van der Waals surface area contributed by atoms with Crippen molar-refractivity contribution in [2.24, 2.45) is 0 Å². The third kappa shape index (κ3) is 7.23. The lowest BCUT2D eigenvalue weighted by atomic mass is 10.1. The van der Waals surface area contributed by atoms with Crippen LogP contribution in [0.15, 0.2) is 93.5 Å². The fourth-order valence-corrected chi connectivity index (χ4v) is 6.97. The molecule has 0 saturated heterocycles. The fraction of sp³-hybridized carbons (Fsp3) is 0.179. The van der Waals surface area contributed by atoms with Crippen LogP contribution >= 0.6 is 11.8 Å². The Labute approximate surface area is 242 Å². The predicted molar refractivity (Wildman–Crippen MR) is 159 cm³/mol. The van der Waals surface area contributed by atoms with Gasteiger partial charge < -0.3 is 14.6 Å². The van der Waals surface area contributed by atoms with Crippen LogP contribution in [-0.4, -0.2) is 46.9 Å². The summed E-state index contributed by atoms with van der Waals surface area (Å²) in [4.78, 5) is 11.6. The quantitative estimate of drug-likeness (QED) is 0.168. The number of thioether (sulfide) groups is 1. The summed E-state index contributed by atoms with van der Waals surface area (Å²) in [6, 6.07) is 19.9. The van der Waals surface area contributed by atoms with Crippen molar-refractivity contribution < 1.29 is 36.2 Å². The maximum absolute atomic E-state index is 13.4. The Kier molecular flexibility index (Phi) is 9.31. The highest BCUT2D eigenvalue weighted by molar-refractivity contribution is 8.00. The minimum Gasteiger partial charge on any atom is -0.494 e. The number of carboxylic acids is 1. The summed E-state index contributed by atoms with van der Waals surface area (Å²) in [5, 5.41) is 10.1. The lowest BCUT2D eigenvalue weighted by molar-refractivity contribution is -0.133. The zero-order valence-corrected chi connectivity index (χ0v) is 24.6. The van der Waals surface area contributed by atoms with Gasteiger partial charge in [0.2, 0.25) is 0 Å². The Bertz CT molecular complexity index is 1760. The Morgan fingerprint density at radius 2 is 1.24 bits per heavy atom. The van der Waals surface area contributed by atoms with Crippen molar-refractivity contribution in [1.82, 2.24) is 0 Å². The second-order valence-electron chi connectivity index (χ2n) is 8.55. The van der Waals surface area contributed by atoms with Crippen LogP contribution in [0.4, 0.5) is 11.4 Å². The van der Waals surface area contributed by atoms with Gasteiger partial charge in [-0.3, -0.25) is 14.2 Å². The SMILES string of the molecule is CCOc1ccc(S(=O)(=O)Nc2cc(SCC(=O)O)c(NS(=O)(=O)c3ccc(OCC)cc3)c3ccccc23)cc1. The van der Waals surface area contributed by atoms with Crippen molar-refractivity contribution in [2.45, 2.75) is 28.5 Å². The van der Waals surface area contributed by atoms with Crippen molar-refractivity contribution in [3.05, 3.63) is 78.9 Å². The third-order valence-corrected chi connectivity index (χ3v) is 9.50. The first-order chi connectivity index (χ1) is 19.5. The van der Waals surface area contributed by atoms with Crippen LogP contribution in [0.3, 0.4) is 0 Å². The molecule has 0 bridgehead atoms. The number of fused-ring (bicyclic) bond motifs is 1. The van der Waals surface area contributed by atoms with E-state index in [9.17, 15) is 26.7 Å². The lowest BCUT2D eigenvalue weighted by Gasteiger charge is -2.19. The van der Waals surface area contributed by atoms with Gasteiger partial charge in [-0.2, -0.15) is 0 Å². The summed E-state index contributed by atoms with van der Waals surface area (Å²) in [5.41, 5.74) is 0.288. The number of hydrogen-bond acceptors (Lipinski definition) is 8. The van der Waals surface area contributed by atoms with E-state index in [1.165, 1.54) is 42.5 Å². The van der Waals surface area contributed by atoms with Crippen LogP contribution in [-0.2, 0) is 24.8 Å². The highest BCUT2D eigenvalue weighted by Crippen LogP contribution is 2.41. The second-order valence-corrected chi connectivity index (χ2v) is 12.9. The molecule has 4 aromatic carbocycles. The number of ether oxygens (including phenoxy) is 2. The number of sulfonamides is 2. The topological polar surface area (TPSA) is 148 Å². The van der Waals surface area contributed by atoms with Crippen LogP contribution in [0.25, 0.3) is 10.8 Å². The summed E-state index contributed by atoms with van der Waals surface area (Å²) in [6.07, 6.45) is 0. The summed E-state index contributed by atoms with van der Waals surface area (Å²) in [7, 11) is -8.18. The molecule has 4 rings (SSSR count). The minimum absolute atomic E-state index is 0.00921. The minimum atomic E-state index is -4.11. The largest absolute Gasteiger partial charge is 0.494 e. The number of rotatable bonds is 13. The van der Waals surface area contributed by atoms with Gasteiger partial charge >= 0.3 is 5.97 Å². The molecule has 0 heterocycles. The van der Waals surface area contributed by atoms with Crippen molar-refractivity contribution in [2.75, 3.05) is 28.4 Å². The van der Waals surface area contributed by atoms with E-state index >= 15 is 0 Å². The average Bonchev–Trinajstić information content (AvgIpc) is 2.94. The monoisotopic (exact) mass is 616 g/mol. The molecule has 0 saturated carbocycles. The normalized spacial score (nSPS) is 11.7. The number of benzene rings is 4. The molecule has 216 valence electrons.